The van der Waals surface area contributed by atoms with Gasteiger partial charge in [0, 0.05) is 11.9 Å². The van der Waals surface area contributed by atoms with Crippen LogP contribution in [0.4, 0.5) is 0 Å². The van der Waals surface area contributed by atoms with Gasteiger partial charge in [0.2, 0.25) is 0 Å². The van der Waals surface area contributed by atoms with Crippen molar-refractivity contribution in [1.82, 2.24) is 4.90 Å². The molecule has 1 aromatic carbocycles. The summed E-state index contributed by atoms with van der Waals surface area (Å²) in [5, 5.41) is 0.882. The van der Waals surface area contributed by atoms with E-state index < -0.39 is 6.04 Å². The van der Waals surface area contributed by atoms with Gasteiger partial charge in [-0.25, -0.2) is 4.79 Å². The number of fused-ring (bicyclic) bond motifs is 1. The van der Waals surface area contributed by atoms with Crippen molar-refractivity contribution >= 4 is 22.8 Å². The monoisotopic (exact) mass is 287 g/mol. The number of rotatable bonds is 3. The number of nitrogens with zero attached hydrogens (tertiary/aromatic N) is 1. The van der Waals surface area contributed by atoms with Crippen LogP contribution in [0.25, 0.3) is 11.0 Å². The molecule has 2 heterocycles. The van der Waals surface area contributed by atoms with E-state index in [1.54, 1.807) is 17.9 Å². The minimum atomic E-state index is -0.495. The summed E-state index contributed by atoms with van der Waals surface area (Å²) >= 11 is 0. The van der Waals surface area contributed by atoms with E-state index >= 15 is 0 Å². The maximum atomic E-state index is 12.6. The molecule has 1 atom stereocenters. The third-order valence-corrected chi connectivity index (χ3v) is 3.71. The number of para-hydroxylation sites is 1. The van der Waals surface area contributed by atoms with Gasteiger partial charge in [0.15, 0.2) is 5.76 Å². The van der Waals surface area contributed by atoms with E-state index in [1.165, 1.54) is 0 Å². The molecule has 1 aromatic heterocycles. The molecule has 1 aliphatic rings. The molecular weight excluding hydrogens is 270 g/mol. The molecule has 0 N–H and O–H groups in total. The average Bonchev–Trinajstić information content (AvgIpc) is 3.13. The first-order valence-electron chi connectivity index (χ1n) is 7.17. The number of benzene rings is 1. The Labute approximate surface area is 122 Å². The predicted molar refractivity (Wildman–Crippen MR) is 76.9 cm³/mol. The maximum absolute atomic E-state index is 12.6. The highest BCUT2D eigenvalue weighted by atomic mass is 16.5. The van der Waals surface area contributed by atoms with E-state index in [0.29, 0.717) is 25.2 Å². The van der Waals surface area contributed by atoms with Crippen molar-refractivity contribution < 1.29 is 18.7 Å². The van der Waals surface area contributed by atoms with E-state index in [-0.39, 0.29) is 17.6 Å². The molecule has 110 valence electrons. The number of carbonyl (C=O) groups is 2. The normalized spacial score (nSPS) is 18.1. The van der Waals surface area contributed by atoms with Crippen molar-refractivity contribution in [3.63, 3.8) is 0 Å². The third-order valence-electron chi connectivity index (χ3n) is 3.71. The quantitative estimate of drug-likeness (QED) is 0.814. The fourth-order valence-corrected chi connectivity index (χ4v) is 2.72. The number of carbonyl (C=O) groups excluding carboxylic acids is 2. The first-order valence-corrected chi connectivity index (χ1v) is 7.17. The molecule has 0 saturated carbocycles. The number of ether oxygens (including phenoxy) is 1. The van der Waals surface area contributed by atoms with Crippen LogP contribution in [0.1, 0.15) is 30.3 Å². The summed E-state index contributed by atoms with van der Waals surface area (Å²) in [6.07, 6.45) is 1.44. The molecule has 1 aliphatic heterocycles. The van der Waals surface area contributed by atoms with Crippen LogP contribution in [0, 0.1) is 0 Å². The van der Waals surface area contributed by atoms with Crippen molar-refractivity contribution in [2.24, 2.45) is 0 Å². The van der Waals surface area contributed by atoms with Gasteiger partial charge in [-0.15, -0.1) is 0 Å². The van der Waals surface area contributed by atoms with Crippen LogP contribution in [-0.4, -0.2) is 36.0 Å². The SMILES string of the molecule is CCOC(=O)C1CCCN1C(=O)c1cc2ccccc2o1. The molecule has 1 fully saturated rings. The standard InChI is InChI=1S/C16H17NO4/c1-2-20-16(19)12-7-5-9-17(12)15(18)14-10-11-6-3-4-8-13(11)21-14/h3-4,6,8,10,12H,2,5,7,9H2,1H3. The van der Waals surface area contributed by atoms with Crippen molar-refractivity contribution in [1.29, 1.82) is 0 Å². The molecule has 0 aliphatic carbocycles. The van der Waals surface area contributed by atoms with Gasteiger partial charge in [-0.1, -0.05) is 18.2 Å². The number of hydrogen-bond acceptors (Lipinski definition) is 4. The lowest BCUT2D eigenvalue weighted by atomic mass is 10.2. The summed E-state index contributed by atoms with van der Waals surface area (Å²) in [7, 11) is 0. The van der Waals surface area contributed by atoms with Crippen LogP contribution in [0.15, 0.2) is 34.7 Å². The summed E-state index contributed by atoms with van der Waals surface area (Å²) in [6, 6.07) is 8.69. The number of likely N-dealkylation sites (tertiary alicyclic amines) is 1. The summed E-state index contributed by atoms with van der Waals surface area (Å²) < 4.78 is 10.6. The van der Waals surface area contributed by atoms with Gasteiger partial charge in [0.25, 0.3) is 5.91 Å². The zero-order valence-electron chi connectivity index (χ0n) is 11.9. The van der Waals surface area contributed by atoms with Gasteiger partial charge in [-0.3, -0.25) is 4.79 Å². The molecule has 5 heteroatoms. The molecule has 1 saturated heterocycles. The first kappa shape index (κ1) is 13.7. The molecule has 1 amide bonds. The van der Waals surface area contributed by atoms with Crippen LogP contribution in [0.2, 0.25) is 0 Å². The summed E-state index contributed by atoms with van der Waals surface area (Å²) in [6.45, 7) is 2.64. The van der Waals surface area contributed by atoms with E-state index in [2.05, 4.69) is 0 Å². The summed E-state index contributed by atoms with van der Waals surface area (Å²) in [4.78, 5) is 26.0. The predicted octanol–water partition coefficient (Wildman–Crippen LogP) is 2.60. The zero-order valence-corrected chi connectivity index (χ0v) is 11.9. The largest absolute Gasteiger partial charge is 0.464 e. The van der Waals surface area contributed by atoms with E-state index in [9.17, 15) is 9.59 Å². The van der Waals surface area contributed by atoms with Crippen molar-refractivity contribution in [2.45, 2.75) is 25.8 Å². The maximum Gasteiger partial charge on any atom is 0.328 e. The molecule has 1 unspecified atom stereocenters. The molecule has 0 radical (unpaired) electrons. The molecule has 5 nitrogen and oxygen atoms in total. The Balaban J connectivity index is 1.85. The summed E-state index contributed by atoms with van der Waals surface area (Å²) in [5.41, 5.74) is 0.674. The van der Waals surface area contributed by atoms with E-state index in [0.717, 1.165) is 11.8 Å². The molecule has 0 spiro atoms. The Hall–Kier alpha value is -2.30. The second-order valence-corrected chi connectivity index (χ2v) is 5.06. The lowest BCUT2D eigenvalue weighted by molar-refractivity contribution is -0.147. The summed E-state index contributed by atoms with van der Waals surface area (Å²) in [5.74, 6) is -0.311. The molecule has 0 bridgehead atoms. The molecule has 21 heavy (non-hydrogen) atoms. The highest BCUT2D eigenvalue weighted by Crippen LogP contribution is 2.25. The lowest BCUT2D eigenvalue weighted by Gasteiger charge is -2.21. The Bertz CT molecular complexity index is 643. The Morgan fingerprint density at radius 3 is 2.95 bits per heavy atom. The van der Waals surface area contributed by atoms with Crippen LogP contribution in [0.5, 0.6) is 0 Å². The second-order valence-electron chi connectivity index (χ2n) is 5.06. The smallest absolute Gasteiger partial charge is 0.328 e. The van der Waals surface area contributed by atoms with Gasteiger partial charge in [0.05, 0.1) is 6.61 Å². The fraction of sp³-hybridized carbons (Fsp3) is 0.375. The average molecular weight is 287 g/mol. The first-order chi connectivity index (χ1) is 10.2. The Kier molecular flexibility index (Phi) is 3.64. The van der Waals surface area contributed by atoms with Gasteiger partial charge < -0.3 is 14.1 Å². The van der Waals surface area contributed by atoms with Crippen molar-refractivity contribution in [3.8, 4) is 0 Å². The Morgan fingerprint density at radius 2 is 2.19 bits per heavy atom. The topological polar surface area (TPSA) is 59.8 Å². The number of furan rings is 1. The zero-order chi connectivity index (χ0) is 14.8. The minimum absolute atomic E-state index is 0.248. The Morgan fingerprint density at radius 1 is 1.38 bits per heavy atom. The van der Waals surface area contributed by atoms with E-state index in [1.807, 2.05) is 24.3 Å². The highest BCUT2D eigenvalue weighted by Gasteiger charge is 2.36. The number of hydrogen-bond donors (Lipinski definition) is 0. The van der Waals surface area contributed by atoms with Gasteiger partial charge in [-0.2, -0.15) is 0 Å². The van der Waals surface area contributed by atoms with Crippen LogP contribution >= 0.6 is 0 Å². The fourth-order valence-electron chi connectivity index (χ4n) is 2.72. The lowest BCUT2D eigenvalue weighted by Crippen LogP contribution is -2.41. The number of amides is 1. The highest BCUT2D eigenvalue weighted by molar-refractivity contribution is 5.98. The van der Waals surface area contributed by atoms with Crippen LogP contribution in [0.3, 0.4) is 0 Å². The van der Waals surface area contributed by atoms with Gasteiger partial charge in [-0.05, 0) is 31.9 Å². The molecule has 3 rings (SSSR count). The van der Waals surface area contributed by atoms with E-state index in [4.69, 9.17) is 9.15 Å². The van der Waals surface area contributed by atoms with Crippen molar-refractivity contribution in [3.05, 3.63) is 36.1 Å². The van der Waals surface area contributed by atoms with Gasteiger partial charge >= 0.3 is 5.97 Å². The van der Waals surface area contributed by atoms with Crippen LogP contribution < -0.4 is 0 Å². The van der Waals surface area contributed by atoms with Crippen LogP contribution in [-0.2, 0) is 9.53 Å². The third kappa shape index (κ3) is 2.51. The molecule has 2 aromatic rings. The van der Waals surface area contributed by atoms with Crippen molar-refractivity contribution in [2.75, 3.05) is 13.2 Å². The van der Waals surface area contributed by atoms with Gasteiger partial charge in [0.1, 0.15) is 11.6 Å². The molecular formula is C16H17NO4. The number of esters is 1. The minimum Gasteiger partial charge on any atom is -0.464 e. The second kappa shape index (κ2) is 5.60.